The number of anilines is 1. The second-order valence-electron chi connectivity index (χ2n) is 4.16. The van der Waals surface area contributed by atoms with Crippen molar-refractivity contribution in [2.45, 2.75) is 6.54 Å². The molecule has 0 bridgehead atoms. The van der Waals surface area contributed by atoms with Gasteiger partial charge in [-0.25, -0.2) is 14.0 Å². The highest BCUT2D eigenvalue weighted by atomic mass is 19.1. The van der Waals surface area contributed by atoms with Crippen LogP contribution in [0.15, 0.2) is 42.6 Å². The van der Waals surface area contributed by atoms with E-state index in [2.05, 4.69) is 15.6 Å². The fourth-order valence-electron chi connectivity index (χ4n) is 1.62. The molecular weight excluding hydrogens is 277 g/mol. The van der Waals surface area contributed by atoms with Gasteiger partial charge in [0.2, 0.25) is 0 Å². The number of carboxylic acids is 1. The number of urea groups is 1. The fraction of sp³-hybridized carbons (Fsp3) is 0.0714. The van der Waals surface area contributed by atoms with E-state index in [1.807, 2.05) is 0 Å². The molecule has 0 radical (unpaired) electrons. The molecule has 2 rings (SSSR count). The Kier molecular flexibility index (Phi) is 4.45. The number of hydrogen-bond acceptors (Lipinski definition) is 3. The van der Waals surface area contributed by atoms with E-state index >= 15 is 0 Å². The van der Waals surface area contributed by atoms with Crippen LogP contribution in [-0.2, 0) is 6.54 Å². The summed E-state index contributed by atoms with van der Waals surface area (Å²) in [5.74, 6) is -1.52. The molecule has 6 nitrogen and oxygen atoms in total. The molecule has 0 fully saturated rings. The number of pyridine rings is 1. The molecule has 0 spiro atoms. The Morgan fingerprint density at radius 2 is 2.05 bits per heavy atom. The number of carbonyl (C=O) groups excluding carboxylic acids is 1. The van der Waals surface area contributed by atoms with Gasteiger partial charge in [-0.15, -0.1) is 0 Å². The van der Waals surface area contributed by atoms with Gasteiger partial charge >= 0.3 is 12.0 Å². The van der Waals surface area contributed by atoms with Gasteiger partial charge in [0.1, 0.15) is 5.82 Å². The summed E-state index contributed by atoms with van der Waals surface area (Å²) in [4.78, 5) is 26.4. The van der Waals surface area contributed by atoms with Crippen molar-refractivity contribution in [3.8, 4) is 0 Å². The summed E-state index contributed by atoms with van der Waals surface area (Å²) in [5.41, 5.74) is 0.816. The first-order valence-electron chi connectivity index (χ1n) is 6.03. The highest BCUT2D eigenvalue weighted by Gasteiger charge is 2.06. The van der Waals surface area contributed by atoms with Crippen LogP contribution < -0.4 is 10.6 Å². The van der Waals surface area contributed by atoms with Crippen LogP contribution in [0.2, 0.25) is 0 Å². The number of halogens is 1. The zero-order chi connectivity index (χ0) is 15.2. The summed E-state index contributed by atoms with van der Waals surface area (Å²) >= 11 is 0. The van der Waals surface area contributed by atoms with Gasteiger partial charge in [-0.1, -0.05) is 6.07 Å². The summed E-state index contributed by atoms with van der Waals surface area (Å²) in [6, 6.07) is 7.66. The predicted molar refractivity (Wildman–Crippen MR) is 73.5 cm³/mol. The standard InChI is InChI=1S/C14H12FN3O3/c15-10-2-1-3-11(7-10)18-14(21)17-8-12-6-9(13(19)20)4-5-16-12/h1-7H,8H2,(H,19,20)(H2,17,18,21). The van der Waals surface area contributed by atoms with Crippen molar-refractivity contribution in [1.82, 2.24) is 10.3 Å². The molecule has 2 aromatic rings. The molecule has 0 aliphatic heterocycles. The molecule has 21 heavy (non-hydrogen) atoms. The number of benzene rings is 1. The largest absolute Gasteiger partial charge is 0.478 e. The van der Waals surface area contributed by atoms with E-state index in [0.29, 0.717) is 11.4 Å². The Bertz CT molecular complexity index is 676. The van der Waals surface area contributed by atoms with E-state index in [1.165, 1.54) is 36.5 Å². The molecule has 0 aliphatic carbocycles. The van der Waals surface area contributed by atoms with Crippen molar-refractivity contribution in [3.63, 3.8) is 0 Å². The van der Waals surface area contributed by atoms with Crippen LogP contribution in [0.4, 0.5) is 14.9 Å². The molecule has 2 amide bonds. The van der Waals surface area contributed by atoms with Gasteiger partial charge in [-0.2, -0.15) is 0 Å². The summed E-state index contributed by atoms with van der Waals surface area (Å²) < 4.78 is 13.0. The summed E-state index contributed by atoms with van der Waals surface area (Å²) in [7, 11) is 0. The van der Waals surface area contributed by atoms with E-state index in [1.54, 1.807) is 6.07 Å². The lowest BCUT2D eigenvalue weighted by atomic mass is 10.2. The first-order valence-corrected chi connectivity index (χ1v) is 6.03. The molecule has 0 unspecified atom stereocenters. The van der Waals surface area contributed by atoms with Gasteiger partial charge in [0.15, 0.2) is 0 Å². The van der Waals surface area contributed by atoms with Crippen molar-refractivity contribution in [2.24, 2.45) is 0 Å². The Hall–Kier alpha value is -2.96. The highest BCUT2D eigenvalue weighted by Crippen LogP contribution is 2.08. The van der Waals surface area contributed by atoms with Crippen molar-refractivity contribution >= 4 is 17.7 Å². The number of hydrogen-bond donors (Lipinski definition) is 3. The van der Waals surface area contributed by atoms with Crippen molar-refractivity contribution in [3.05, 3.63) is 59.7 Å². The fourth-order valence-corrected chi connectivity index (χ4v) is 1.62. The zero-order valence-electron chi connectivity index (χ0n) is 10.8. The number of nitrogens with zero attached hydrogens (tertiary/aromatic N) is 1. The number of aromatic nitrogens is 1. The second-order valence-corrected chi connectivity index (χ2v) is 4.16. The quantitative estimate of drug-likeness (QED) is 0.805. The Balaban J connectivity index is 1.92. The summed E-state index contributed by atoms with van der Waals surface area (Å²) in [6.07, 6.45) is 1.35. The molecule has 0 saturated carbocycles. The third-order valence-electron chi connectivity index (χ3n) is 2.58. The van der Waals surface area contributed by atoms with Crippen LogP contribution in [-0.4, -0.2) is 22.1 Å². The van der Waals surface area contributed by atoms with Gasteiger partial charge in [0.25, 0.3) is 0 Å². The summed E-state index contributed by atoms with van der Waals surface area (Å²) in [6.45, 7) is 0.0578. The third kappa shape index (κ3) is 4.27. The smallest absolute Gasteiger partial charge is 0.335 e. The lowest BCUT2D eigenvalue weighted by Gasteiger charge is -2.07. The van der Waals surface area contributed by atoms with E-state index in [0.717, 1.165) is 0 Å². The Morgan fingerprint density at radius 3 is 2.76 bits per heavy atom. The van der Waals surface area contributed by atoms with Crippen LogP contribution in [0.3, 0.4) is 0 Å². The maximum Gasteiger partial charge on any atom is 0.335 e. The minimum atomic E-state index is -1.07. The van der Waals surface area contributed by atoms with Crippen LogP contribution in [0.5, 0.6) is 0 Å². The first-order chi connectivity index (χ1) is 10.0. The van der Waals surface area contributed by atoms with Crippen LogP contribution >= 0.6 is 0 Å². The maximum absolute atomic E-state index is 13.0. The molecule has 3 N–H and O–H groups in total. The van der Waals surface area contributed by atoms with Crippen LogP contribution in [0.25, 0.3) is 0 Å². The lowest BCUT2D eigenvalue weighted by Crippen LogP contribution is -2.28. The van der Waals surface area contributed by atoms with E-state index in [9.17, 15) is 14.0 Å². The molecule has 1 heterocycles. The van der Waals surface area contributed by atoms with E-state index < -0.39 is 17.8 Å². The van der Waals surface area contributed by atoms with Crippen molar-refractivity contribution in [1.29, 1.82) is 0 Å². The minimum absolute atomic E-state index is 0.0578. The Morgan fingerprint density at radius 1 is 1.24 bits per heavy atom. The number of carbonyl (C=O) groups is 2. The molecule has 108 valence electrons. The maximum atomic E-state index is 13.0. The number of carboxylic acid groups (broad SMARTS) is 1. The SMILES string of the molecule is O=C(NCc1cc(C(=O)O)ccn1)Nc1cccc(F)c1. The van der Waals surface area contributed by atoms with E-state index in [4.69, 9.17) is 5.11 Å². The van der Waals surface area contributed by atoms with Crippen LogP contribution in [0, 0.1) is 5.82 Å². The third-order valence-corrected chi connectivity index (χ3v) is 2.58. The summed E-state index contributed by atoms with van der Waals surface area (Å²) in [5, 5.41) is 13.8. The average Bonchev–Trinajstić information content (AvgIpc) is 2.45. The highest BCUT2D eigenvalue weighted by molar-refractivity contribution is 5.89. The van der Waals surface area contributed by atoms with Crippen molar-refractivity contribution in [2.75, 3.05) is 5.32 Å². The number of amides is 2. The molecule has 0 saturated heterocycles. The number of nitrogens with one attached hydrogen (secondary N) is 2. The number of aromatic carboxylic acids is 1. The first kappa shape index (κ1) is 14.4. The molecular formula is C14H12FN3O3. The Labute approximate surface area is 119 Å². The predicted octanol–water partition coefficient (Wildman–Crippen LogP) is 2.24. The van der Waals surface area contributed by atoms with E-state index in [-0.39, 0.29) is 12.1 Å². The van der Waals surface area contributed by atoms with Gasteiger partial charge in [-0.3, -0.25) is 4.98 Å². The van der Waals surface area contributed by atoms with Gasteiger partial charge in [0.05, 0.1) is 17.8 Å². The topological polar surface area (TPSA) is 91.3 Å². The average molecular weight is 289 g/mol. The van der Waals surface area contributed by atoms with Crippen molar-refractivity contribution < 1.29 is 19.1 Å². The molecule has 0 atom stereocenters. The number of rotatable bonds is 4. The molecule has 1 aromatic carbocycles. The molecule has 7 heteroatoms. The van der Waals surface area contributed by atoms with Gasteiger partial charge < -0.3 is 15.7 Å². The minimum Gasteiger partial charge on any atom is -0.478 e. The molecule has 1 aromatic heterocycles. The zero-order valence-corrected chi connectivity index (χ0v) is 10.8. The van der Waals surface area contributed by atoms with Gasteiger partial charge in [-0.05, 0) is 30.3 Å². The normalized spacial score (nSPS) is 9.95. The van der Waals surface area contributed by atoms with Crippen LogP contribution in [0.1, 0.15) is 16.1 Å². The second kappa shape index (κ2) is 6.47. The lowest BCUT2D eigenvalue weighted by molar-refractivity contribution is 0.0696. The van der Waals surface area contributed by atoms with Gasteiger partial charge in [0, 0.05) is 11.9 Å². The molecule has 0 aliphatic rings. The monoisotopic (exact) mass is 289 g/mol.